The minimum Gasteiger partial charge on any atom is -0.481 e. The number of ether oxygens (including phenoxy) is 1. The standard InChI is InChI=1S/C12H15NO3/c14-12(15)8-11-9-16-7-6-13(11)10-4-2-1-3-5-10/h1-5,11H,6-9H2,(H,14,15). The summed E-state index contributed by atoms with van der Waals surface area (Å²) < 4.78 is 5.33. The van der Waals surface area contributed by atoms with E-state index in [4.69, 9.17) is 9.84 Å². The Hall–Kier alpha value is -1.55. The SMILES string of the molecule is O=C(O)CC1COCCN1c1ccccc1. The first-order valence-electron chi connectivity index (χ1n) is 5.38. The fraction of sp³-hybridized carbons (Fsp3) is 0.417. The van der Waals surface area contributed by atoms with Crippen molar-refractivity contribution in [3.05, 3.63) is 30.3 Å². The fourth-order valence-corrected chi connectivity index (χ4v) is 1.98. The molecular formula is C12H15NO3. The van der Waals surface area contributed by atoms with Crippen molar-refractivity contribution in [2.45, 2.75) is 12.5 Å². The summed E-state index contributed by atoms with van der Waals surface area (Å²) >= 11 is 0. The second-order valence-corrected chi connectivity index (χ2v) is 3.86. The average molecular weight is 221 g/mol. The van der Waals surface area contributed by atoms with Gasteiger partial charge in [-0.2, -0.15) is 0 Å². The van der Waals surface area contributed by atoms with Gasteiger partial charge in [-0.15, -0.1) is 0 Å². The van der Waals surface area contributed by atoms with Gasteiger partial charge in [-0.25, -0.2) is 0 Å². The van der Waals surface area contributed by atoms with Gasteiger partial charge in [0.1, 0.15) is 0 Å². The molecule has 1 saturated heterocycles. The number of carboxylic acids is 1. The maximum atomic E-state index is 10.8. The van der Waals surface area contributed by atoms with Crippen molar-refractivity contribution in [3.63, 3.8) is 0 Å². The summed E-state index contributed by atoms with van der Waals surface area (Å²) in [5.74, 6) is -0.781. The van der Waals surface area contributed by atoms with Crippen molar-refractivity contribution in [1.29, 1.82) is 0 Å². The third kappa shape index (κ3) is 2.52. The number of carboxylic acid groups (broad SMARTS) is 1. The predicted octanol–water partition coefficient (Wildman–Crippen LogP) is 1.37. The molecule has 0 saturated carbocycles. The van der Waals surface area contributed by atoms with Crippen LogP contribution >= 0.6 is 0 Å². The highest BCUT2D eigenvalue weighted by Crippen LogP contribution is 2.20. The first kappa shape index (κ1) is 11.0. The molecule has 0 bridgehead atoms. The molecule has 86 valence electrons. The van der Waals surface area contributed by atoms with Gasteiger partial charge in [0.05, 0.1) is 25.7 Å². The van der Waals surface area contributed by atoms with Gasteiger partial charge in [0.15, 0.2) is 0 Å². The lowest BCUT2D eigenvalue weighted by Crippen LogP contribution is -2.46. The van der Waals surface area contributed by atoms with Crippen LogP contribution in [0.15, 0.2) is 30.3 Å². The van der Waals surface area contributed by atoms with E-state index in [0.29, 0.717) is 13.2 Å². The molecule has 0 spiro atoms. The molecule has 1 aliphatic rings. The highest BCUT2D eigenvalue weighted by atomic mass is 16.5. The van der Waals surface area contributed by atoms with Crippen molar-refractivity contribution in [2.24, 2.45) is 0 Å². The highest BCUT2D eigenvalue weighted by molar-refractivity contribution is 5.68. The third-order valence-electron chi connectivity index (χ3n) is 2.73. The lowest BCUT2D eigenvalue weighted by molar-refractivity contribution is -0.138. The van der Waals surface area contributed by atoms with E-state index in [1.54, 1.807) is 0 Å². The average Bonchev–Trinajstić information content (AvgIpc) is 2.30. The zero-order valence-electron chi connectivity index (χ0n) is 9.00. The number of anilines is 1. The molecule has 1 aliphatic heterocycles. The van der Waals surface area contributed by atoms with E-state index in [1.165, 1.54) is 0 Å². The van der Waals surface area contributed by atoms with Crippen LogP contribution in [0.2, 0.25) is 0 Å². The summed E-state index contributed by atoms with van der Waals surface area (Å²) in [5, 5.41) is 8.85. The summed E-state index contributed by atoms with van der Waals surface area (Å²) in [6, 6.07) is 9.82. The van der Waals surface area contributed by atoms with Crippen LogP contribution in [0.3, 0.4) is 0 Å². The second kappa shape index (κ2) is 4.99. The zero-order valence-corrected chi connectivity index (χ0v) is 9.00. The number of aliphatic carboxylic acids is 1. The molecule has 1 unspecified atom stereocenters. The fourth-order valence-electron chi connectivity index (χ4n) is 1.98. The first-order valence-corrected chi connectivity index (χ1v) is 5.38. The Morgan fingerprint density at radius 3 is 2.88 bits per heavy atom. The van der Waals surface area contributed by atoms with Crippen molar-refractivity contribution < 1.29 is 14.6 Å². The first-order chi connectivity index (χ1) is 7.77. The van der Waals surface area contributed by atoms with E-state index >= 15 is 0 Å². The normalized spacial score (nSPS) is 20.8. The Kier molecular flexibility index (Phi) is 3.41. The van der Waals surface area contributed by atoms with Gasteiger partial charge in [0, 0.05) is 12.2 Å². The van der Waals surface area contributed by atoms with Gasteiger partial charge in [-0.05, 0) is 12.1 Å². The Labute approximate surface area is 94.4 Å². The molecule has 0 aromatic heterocycles. The van der Waals surface area contributed by atoms with Crippen LogP contribution in [0.5, 0.6) is 0 Å². The van der Waals surface area contributed by atoms with E-state index in [2.05, 4.69) is 4.90 Å². The van der Waals surface area contributed by atoms with E-state index < -0.39 is 5.97 Å². The Morgan fingerprint density at radius 1 is 1.44 bits per heavy atom. The minimum absolute atomic E-state index is 0.0614. The van der Waals surface area contributed by atoms with E-state index in [-0.39, 0.29) is 12.5 Å². The van der Waals surface area contributed by atoms with Crippen LogP contribution in [0, 0.1) is 0 Å². The van der Waals surface area contributed by atoms with Gasteiger partial charge < -0.3 is 14.7 Å². The molecule has 4 heteroatoms. The molecule has 16 heavy (non-hydrogen) atoms. The summed E-state index contributed by atoms with van der Waals surface area (Å²) in [6.07, 6.45) is 0.120. The molecule has 1 aromatic rings. The number of carbonyl (C=O) groups is 1. The molecule has 2 rings (SSSR count). The lowest BCUT2D eigenvalue weighted by atomic mass is 10.1. The number of nitrogens with zero attached hydrogens (tertiary/aromatic N) is 1. The molecular weight excluding hydrogens is 206 g/mol. The summed E-state index contributed by atoms with van der Waals surface area (Å²) in [5.41, 5.74) is 1.07. The van der Waals surface area contributed by atoms with Crippen LogP contribution in [-0.2, 0) is 9.53 Å². The minimum atomic E-state index is -0.781. The van der Waals surface area contributed by atoms with Crippen LogP contribution in [0.4, 0.5) is 5.69 Å². The van der Waals surface area contributed by atoms with Gasteiger partial charge in [0.2, 0.25) is 0 Å². The number of para-hydroxylation sites is 1. The number of rotatable bonds is 3. The predicted molar refractivity (Wildman–Crippen MR) is 60.6 cm³/mol. The van der Waals surface area contributed by atoms with Crippen LogP contribution < -0.4 is 4.90 Å². The largest absolute Gasteiger partial charge is 0.481 e. The molecule has 1 heterocycles. The molecule has 1 aromatic carbocycles. The summed E-state index contributed by atoms with van der Waals surface area (Å²) in [7, 11) is 0. The van der Waals surface area contributed by atoms with Crippen LogP contribution in [0.25, 0.3) is 0 Å². The zero-order chi connectivity index (χ0) is 11.4. The van der Waals surface area contributed by atoms with Gasteiger partial charge in [-0.1, -0.05) is 18.2 Å². The van der Waals surface area contributed by atoms with Crippen molar-refractivity contribution in [3.8, 4) is 0 Å². The maximum absolute atomic E-state index is 10.8. The molecule has 4 nitrogen and oxygen atoms in total. The van der Waals surface area contributed by atoms with Gasteiger partial charge in [0.25, 0.3) is 0 Å². The lowest BCUT2D eigenvalue weighted by Gasteiger charge is -2.36. The number of morpholine rings is 1. The number of hydrogen-bond donors (Lipinski definition) is 1. The molecule has 0 amide bonds. The number of benzene rings is 1. The quantitative estimate of drug-likeness (QED) is 0.837. The van der Waals surface area contributed by atoms with E-state index in [1.807, 2.05) is 30.3 Å². The van der Waals surface area contributed by atoms with Crippen LogP contribution in [0.1, 0.15) is 6.42 Å². The molecule has 1 fully saturated rings. The molecule has 0 radical (unpaired) electrons. The number of hydrogen-bond acceptors (Lipinski definition) is 3. The van der Waals surface area contributed by atoms with Crippen molar-refractivity contribution >= 4 is 11.7 Å². The smallest absolute Gasteiger partial charge is 0.305 e. The van der Waals surface area contributed by atoms with E-state index in [0.717, 1.165) is 12.2 Å². The van der Waals surface area contributed by atoms with Crippen molar-refractivity contribution in [2.75, 3.05) is 24.7 Å². The Morgan fingerprint density at radius 2 is 2.19 bits per heavy atom. The molecule has 1 N–H and O–H groups in total. The monoisotopic (exact) mass is 221 g/mol. The highest BCUT2D eigenvalue weighted by Gasteiger charge is 2.25. The van der Waals surface area contributed by atoms with Crippen molar-refractivity contribution in [1.82, 2.24) is 0 Å². The Bertz CT molecular complexity index is 353. The summed E-state index contributed by atoms with van der Waals surface area (Å²) in [4.78, 5) is 12.9. The van der Waals surface area contributed by atoms with Gasteiger partial charge >= 0.3 is 5.97 Å². The summed E-state index contributed by atoms with van der Waals surface area (Å²) in [6.45, 7) is 1.90. The third-order valence-corrected chi connectivity index (χ3v) is 2.73. The topological polar surface area (TPSA) is 49.8 Å². The van der Waals surface area contributed by atoms with Gasteiger partial charge in [-0.3, -0.25) is 4.79 Å². The molecule has 1 atom stereocenters. The Balaban J connectivity index is 2.13. The second-order valence-electron chi connectivity index (χ2n) is 3.86. The van der Waals surface area contributed by atoms with Crippen LogP contribution in [-0.4, -0.2) is 36.9 Å². The maximum Gasteiger partial charge on any atom is 0.305 e. The molecule has 0 aliphatic carbocycles. The van der Waals surface area contributed by atoms with E-state index in [9.17, 15) is 4.79 Å².